The molecule has 5 heteroatoms. The van der Waals surface area contributed by atoms with E-state index in [4.69, 9.17) is 9.47 Å². The minimum absolute atomic E-state index is 0.160. The van der Waals surface area contributed by atoms with Gasteiger partial charge in [-0.2, -0.15) is 0 Å². The van der Waals surface area contributed by atoms with Crippen molar-refractivity contribution in [3.8, 4) is 11.5 Å². The number of halogens is 1. The lowest BCUT2D eigenvalue weighted by Gasteiger charge is -2.19. The maximum Gasteiger partial charge on any atom is 0.261 e. The van der Waals surface area contributed by atoms with Gasteiger partial charge in [0.25, 0.3) is 5.91 Å². The topological polar surface area (TPSA) is 47.6 Å². The van der Waals surface area contributed by atoms with Crippen LogP contribution in [0.1, 0.15) is 32.4 Å². The SMILES string of the molecule is CCOc1ccc(C(C)NC(=O)C(C)Oc2ccc(F)cc2)cc1. The second-order valence-corrected chi connectivity index (χ2v) is 5.45. The number of carbonyl (C=O) groups excluding carboxylic acids is 1. The Morgan fingerprint density at radius 3 is 2.21 bits per heavy atom. The van der Waals surface area contributed by atoms with Gasteiger partial charge < -0.3 is 14.8 Å². The Balaban J connectivity index is 1.91. The summed E-state index contributed by atoms with van der Waals surface area (Å²) in [4.78, 5) is 12.2. The maximum atomic E-state index is 12.9. The minimum atomic E-state index is -0.680. The van der Waals surface area contributed by atoms with E-state index in [9.17, 15) is 9.18 Å². The van der Waals surface area contributed by atoms with Crippen molar-refractivity contribution in [1.82, 2.24) is 5.32 Å². The van der Waals surface area contributed by atoms with Crippen molar-refractivity contribution in [3.63, 3.8) is 0 Å². The van der Waals surface area contributed by atoms with E-state index in [1.807, 2.05) is 38.1 Å². The van der Waals surface area contributed by atoms with Crippen molar-refractivity contribution in [2.75, 3.05) is 6.61 Å². The first-order chi connectivity index (χ1) is 11.5. The molecule has 0 heterocycles. The highest BCUT2D eigenvalue weighted by atomic mass is 19.1. The van der Waals surface area contributed by atoms with E-state index in [-0.39, 0.29) is 17.8 Å². The molecule has 128 valence electrons. The third-order valence-corrected chi connectivity index (χ3v) is 3.55. The van der Waals surface area contributed by atoms with Crippen molar-refractivity contribution in [2.45, 2.75) is 32.9 Å². The van der Waals surface area contributed by atoms with E-state index < -0.39 is 6.10 Å². The molecule has 0 radical (unpaired) electrons. The van der Waals surface area contributed by atoms with Gasteiger partial charge in [-0.3, -0.25) is 4.79 Å². The van der Waals surface area contributed by atoms with Crippen LogP contribution in [0.4, 0.5) is 4.39 Å². The summed E-state index contributed by atoms with van der Waals surface area (Å²) < 4.78 is 23.8. The Morgan fingerprint density at radius 1 is 1.04 bits per heavy atom. The van der Waals surface area contributed by atoms with Crippen LogP contribution < -0.4 is 14.8 Å². The number of ether oxygens (including phenoxy) is 2. The molecule has 24 heavy (non-hydrogen) atoms. The fourth-order valence-corrected chi connectivity index (χ4v) is 2.20. The molecule has 1 amide bonds. The van der Waals surface area contributed by atoms with E-state index in [0.717, 1.165) is 11.3 Å². The number of hydrogen-bond donors (Lipinski definition) is 1. The van der Waals surface area contributed by atoms with E-state index in [0.29, 0.717) is 12.4 Å². The van der Waals surface area contributed by atoms with Gasteiger partial charge in [0, 0.05) is 0 Å². The predicted molar refractivity (Wildman–Crippen MR) is 90.7 cm³/mol. The third kappa shape index (κ3) is 4.98. The molecule has 1 N–H and O–H groups in total. The Bertz CT molecular complexity index is 655. The van der Waals surface area contributed by atoms with E-state index >= 15 is 0 Å². The Labute approximate surface area is 141 Å². The number of amides is 1. The lowest BCUT2D eigenvalue weighted by Crippen LogP contribution is -2.37. The fraction of sp³-hybridized carbons (Fsp3) is 0.316. The summed E-state index contributed by atoms with van der Waals surface area (Å²) in [5.41, 5.74) is 0.973. The predicted octanol–water partition coefficient (Wildman–Crippen LogP) is 3.87. The molecule has 0 bridgehead atoms. The average molecular weight is 331 g/mol. The molecular formula is C19H22FNO3. The molecule has 0 aliphatic carbocycles. The normalized spacial score (nSPS) is 13.0. The molecule has 2 aromatic rings. The molecule has 2 atom stereocenters. The maximum absolute atomic E-state index is 12.9. The average Bonchev–Trinajstić information content (AvgIpc) is 2.57. The minimum Gasteiger partial charge on any atom is -0.494 e. The van der Waals surface area contributed by atoms with Crippen LogP contribution >= 0.6 is 0 Å². The van der Waals surface area contributed by atoms with Gasteiger partial charge in [-0.1, -0.05) is 12.1 Å². The van der Waals surface area contributed by atoms with Crippen LogP contribution in [0.15, 0.2) is 48.5 Å². The quantitative estimate of drug-likeness (QED) is 0.838. The van der Waals surface area contributed by atoms with Gasteiger partial charge in [0.15, 0.2) is 6.10 Å². The summed E-state index contributed by atoms with van der Waals surface area (Å²) in [5.74, 6) is 0.671. The number of nitrogens with one attached hydrogen (secondary N) is 1. The molecular weight excluding hydrogens is 309 g/mol. The van der Waals surface area contributed by atoms with Crippen molar-refractivity contribution in [2.24, 2.45) is 0 Å². The summed E-state index contributed by atoms with van der Waals surface area (Å²) in [5, 5.41) is 2.90. The first-order valence-corrected chi connectivity index (χ1v) is 7.95. The molecule has 0 saturated carbocycles. The Hall–Kier alpha value is -2.56. The first kappa shape index (κ1) is 17.8. The Morgan fingerprint density at radius 2 is 1.62 bits per heavy atom. The van der Waals surface area contributed by atoms with Crippen LogP contribution in [-0.2, 0) is 4.79 Å². The van der Waals surface area contributed by atoms with Gasteiger partial charge in [-0.05, 0) is 62.7 Å². The monoisotopic (exact) mass is 331 g/mol. The number of benzene rings is 2. The summed E-state index contributed by atoms with van der Waals surface area (Å²) in [6.45, 7) is 6.10. The van der Waals surface area contributed by atoms with Crippen LogP contribution in [0.5, 0.6) is 11.5 Å². The molecule has 0 aromatic heterocycles. The number of carbonyl (C=O) groups is 1. The largest absolute Gasteiger partial charge is 0.494 e. The molecule has 2 unspecified atom stereocenters. The highest BCUT2D eigenvalue weighted by Crippen LogP contribution is 2.18. The van der Waals surface area contributed by atoms with Crippen molar-refractivity contribution in [3.05, 3.63) is 59.9 Å². The molecule has 0 fully saturated rings. The fourth-order valence-electron chi connectivity index (χ4n) is 2.20. The van der Waals surface area contributed by atoms with Gasteiger partial charge in [0.05, 0.1) is 12.6 Å². The summed E-state index contributed by atoms with van der Waals surface area (Å²) in [6, 6.07) is 13.0. The lowest BCUT2D eigenvalue weighted by atomic mass is 10.1. The molecule has 0 aliphatic heterocycles. The van der Waals surface area contributed by atoms with E-state index in [1.54, 1.807) is 6.92 Å². The van der Waals surface area contributed by atoms with Gasteiger partial charge >= 0.3 is 0 Å². The first-order valence-electron chi connectivity index (χ1n) is 7.95. The van der Waals surface area contributed by atoms with Crippen LogP contribution in [-0.4, -0.2) is 18.6 Å². The van der Waals surface area contributed by atoms with Crippen molar-refractivity contribution < 1.29 is 18.7 Å². The zero-order chi connectivity index (χ0) is 17.5. The van der Waals surface area contributed by atoms with Crippen LogP contribution in [0.25, 0.3) is 0 Å². The van der Waals surface area contributed by atoms with Gasteiger partial charge in [0.2, 0.25) is 0 Å². The Kier molecular flexibility index (Phi) is 6.18. The molecule has 0 saturated heterocycles. The summed E-state index contributed by atoms with van der Waals surface area (Å²) in [6.07, 6.45) is -0.680. The summed E-state index contributed by atoms with van der Waals surface area (Å²) >= 11 is 0. The second-order valence-electron chi connectivity index (χ2n) is 5.45. The second kappa shape index (κ2) is 8.34. The zero-order valence-electron chi connectivity index (χ0n) is 14.1. The highest BCUT2D eigenvalue weighted by molar-refractivity contribution is 5.81. The lowest BCUT2D eigenvalue weighted by molar-refractivity contribution is -0.127. The standard InChI is InChI=1S/C19H22FNO3/c1-4-23-17-9-5-15(6-10-17)13(2)21-19(22)14(3)24-18-11-7-16(20)8-12-18/h5-14H,4H2,1-3H3,(H,21,22). The van der Waals surface area contributed by atoms with Gasteiger partial charge in [0.1, 0.15) is 17.3 Å². The molecule has 2 rings (SSSR count). The van der Waals surface area contributed by atoms with Crippen LogP contribution in [0.3, 0.4) is 0 Å². The molecule has 2 aromatic carbocycles. The van der Waals surface area contributed by atoms with Gasteiger partial charge in [-0.15, -0.1) is 0 Å². The van der Waals surface area contributed by atoms with E-state index in [1.165, 1.54) is 24.3 Å². The van der Waals surface area contributed by atoms with Crippen molar-refractivity contribution >= 4 is 5.91 Å². The third-order valence-electron chi connectivity index (χ3n) is 3.55. The van der Waals surface area contributed by atoms with Gasteiger partial charge in [-0.25, -0.2) is 4.39 Å². The van der Waals surface area contributed by atoms with Crippen molar-refractivity contribution in [1.29, 1.82) is 0 Å². The highest BCUT2D eigenvalue weighted by Gasteiger charge is 2.17. The summed E-state index contributed by atoms with van der Waals surface area (Å²) in [7, 11) is 0. The molecule has 0 spiro atoms. The number of hydrogen-bond acceptors (Lipinski definition) is 3. The van der Waals surface area contributed by atoms with Crippen LogP contribution in [0.2, 0.25) is 0 Å². The molecule has 0 aliphatic rings. The zero-order valence-corrected chi connectivity index (χ0v) is 14.1. The van der Waals surface area contributed by atoms with E-state index in [2.05, 4.69) is 5.32 Å². The van der Waals surface area contributed by atoms with Crippen LogP contribution in [0, 0.1) is 5.82 Å². The molecule has 4 nitrogen and oxygen atoms in total. The number of rotatable bonds is 7. The smallest absolute Gasteiger partial charge is 0.261 e.